The minimum Gasteiger partial charge on any atom is -0.322 e. The number of thiol groups is 1. The van der Waals surface area contributed by atoms with E-state index in [9.17, 15) is 4.79 Å². The van der Waals surface area contributed by atoms with Gasteiger partial charge in [-0.3, -0.25) is 4.79 Å². The molecule has 0 heterocycles. The molecule has 17 heavy (non-hydrogen) atoms. The zero-order chi connectivity index (χ0) is 12.3. The lowest BCUT2D eigenvalue weighted by molar-refractivity contribution is 0.102. The molecule has 0 saturated carbocycles. The van der Waals surface area contributed by atoms with Gasteiger partial charge >= 0.3 is 0 Å². The Kier molecular flexibility index (Phi) is 3.49. The molecular formula is C14H13NOS. The van der Waals surface area contributed by atoms with E-state index < -0.39 is 0 Å². The molecule has 0 aliphatic carbocycles. The molecule has 0 spiro atoms. The fraction of sp³-hybridized carbons (Fsp3) is 0.0714. The minimum absolute atomic E-state index is 0.119. The van der Waals surface area contributed by atoms with Crippen LogP contribution in [0, 0.1) is 6.92 Å². The highest BCUT2D eigenvalue weighted by atomic mass is 32.1. The van der Waals surface area contributed by atoms with E-state index in [2.05, 4.69) is 17.9 Å². The van der Waals surface area contributed by atoms with Crippen LogP contribution in [-0.2, 0) is 0 Å². The topological polar surface area (TPSA) is 29.1 Å². The van der Waals surface area contributed by atoms with Gasteiger partial charge < -0.3 is 5.32 Å². The van der Waals surface area contributed by atoms with Gasteiger partial charge in [0.15, 0.2) is 0 Å². The van der Waals surface area contributed by atoms with Gasteiger partial charge in [0, 0.05) is 16.1 Å². The predicted molar refractivity (Wildman–Crippen MR) is 72.8 cm³/mol. The zero-order valence-electron chi connectivity index (χ0n) is 9.47. The van der Waals surface area contributed by atoms with Crippen LogP contribution in [0.5, 0.6) is 0 Å². The minimum atomic E-state index is -0.119. The molecule has 1 amide bonds. The van der Waals surface area contributed by atoms with Crippen molar-refractivity contribution in [2.45, 2.75) is 11.8 Å². The van der Waals surface area contributed by atoms with Crippen LogP contribution < -0.4 is 5.32 Å². The number of carbonyl (C=O) groups is 1. The Morgan fingerprint density at radius 3 is 2.59 bits per heavy atom. The zero-order valence-corrected chi connectivity index (χ0v) is 10.4. The van der Waals surface area contributed by atoms with E-state index in [1.165, 1.54) is 0 Å². The molecule has 1 N–H and O–H groups in total. The molecule has 2 aromatic rings. The van der Waals surface area contributed by atoms with Crippen molar-refractivity contribution in [1.82, 2.24) is 0 Å². The maximum absolute atomic E-state index is 11.9. The first-order valence-electron chi connectivity index (χ1n) is 5.32. The van der Waals surface area contributed by atoms with Gasteiger partial charge in [0.05, 0.1) is 0 Å². The Hall–Kier alpha value is -1.74. The lowest BCUT2D eigenvalue weighted by Crippen LogP contribution is -2.11. The fourth-order valence-corrected chi connectivity index (χ4v) is 1.80. The molecule has 0 aromatic heterocycles. The van der Waals surface area contributed by atoms with Gasteiger partial charge in [-0.15, -0.1) is 12.6 Å². The van der Waals surface area contributed by atoms with Gasteiger partial charge in [-0.25, -0.2) is 0 Å². The van der Waals surface area contributed by atoms with Crippen molar-refractivity contribution < 1.29 is 4.79 Å². The molecule has 86 valence electrons. The molecule has 2 rings (SSSR count). The molecule has 0 aliphatic rings. The second kappa shape index (κ2) is 5.06. The van der Waals surface area contributed by atoms with Crippen LogP contribution in [0.15, 0.2) is 53.4 Å². The highest BCUT2D eigenvalue weighted by molar-refractivity contribution is 7.80. The van der Waals surface area contributed by atoms with Crippen LogP contribution in [0.4, 0.5) is 5.69 Å². The quantitative estimate of drug-likeness (QED) is 0.776. The Labute approximate surface area is 106 Å². The van der Waals surface area contributed by atoms with Crippen LogP contribution >= 0.6 is 12.6 Å². The van der Waals surface area contributed by atoms with Crippen LogP contribution in [0.25, 0.3) is 0 Å². The summed E-state index contributed by atoms with van der Waals surface area (Å²) in [6.45, 7) is 1.99. The Morgan fingerprint density at radius 1 is 1.12 bits per heavy atom. The number of benzene rings is 2. The smallest absolute Gasteiger partial charge is 0.255 e. The molecule has 0 radical (unpaired) electrons. The van der Waals surface area contributed by atoms with Crippen molar-refractivity contribution in [3.05, 3.63) is 59.7 Å². The van der Waals surface area contributed by atoms with Crippen LogP contribution in [0.1, 0.15) is 15.9 Å². The van der Waals surface area contributed by atoms with Gasteiger partial charge in [-0.05, 0) is 42.8 Å². The summed E-state index contributed by atoms with van der Waals surface area (Å²) in [4.78, 5) is 12.7. The second-order valence-corrected chi connectivity index (χ2v) is 4.39. The van der Waals surface area contributed by atoms with Gasteiger partial charge in [-0.2, -0.15) is 0 Å². The molecule has 2 nitrogen and oxygen atoms in total. The predicted octanol–water partition coefficient (Wildman–Crippen LogP) is 3.54. The summed E-state index contributed by atoms with van der Waals surface area (Å²) in [5, 5.41) is 2.85. The Morgan fingerprint density at radius 2 is 1.88 bits per heavy atom. The van der Waals surface area contributed by atoms with Crippen molar-refractivity contribution >= 4 is 24.2 Å². The highest BCUT2D eigenvalue weighted by Gasteiger charge is 2.05. The molecule has 0 atom stereocenters. The number of amides is 1. The monoisotopic (exact) mass is 243 g/mol. The number of nitrogens with one attached hydrogen (secondary N) is 1. The fourth-order valence-electron chi connectivity index (χ4n) is 1.57. The molecule has 0 fully saturated rings. The van der Waals surface area contributed by atoms with E-state index in [0.717, 1.165) is 16.1 Å². The summed E-state index contributed by atoms with van der Waals surface area (Å²) in [6, 6.07) is 14.9. The molecule has 0 aliphatic heterocycles. The van der Waals surface area contributed by atoms with Crippen molar-refractivity contribution in [3.8, 4) is 0 Å². The first-order valence-corrected chi connectivity index (χ1v) is 5.77. The number of anilines is 1. The van der Waals surface area contributed by atoms with E-state index in [4.69, 9.17) is 0 Å². The van der Waals surface area contributed by atoms with Crippen LogP contribution in [0.2, 0.25) is 0 Å². The second-order valence-electron chi connectivity index (χ2n) is 3.87. The summed E-state index contributed by atoms with van der Waals surface area (Å²) in [5.74, 6) is -0.119. The number of rotatable bonds is 2. The Balaban J connectivity index is 2.17. The third-order valence-electron chi connectivity index (χ3n) is 2.38. The van der Waals surface area contributed by atoms with Crippen molar-refractivity contribution in [3.63, 3.8) is 0 Å². The lowest BCUT2D eigenvalue weighted by Gasteiger charge is -2.06. The first kappa shape index (κ1) is 11.7. The summed E-state index contributed by atoms with van der Waals surface area (Å²) >= 11 is 4.21. The van der Waals surface area contributed by atoms with E-state index in [1.54, 1.807) is 12.1 Å². The highest BCUT2D eigenvalue weighted by Crippen LogP contribution is 2.13. The normalized spacial score (nSPS) is 10.0. The largest absolute Gasteiger partial charge is 0.322 e. The number of aryl methyl sites for hydroxylation is 1. The van der Waals surface area contributed by atoms with Crippen molar-refractivity contribution in [1.29, 1.82) is 0 Å². The van der Waals surface area contributed by atoms with E-state index in [1.807, 2.05) is 43.3 Å². The third kappa shape index (κ3) is 3.11. The van der Waals surface area contributed by atoms with E-state index >= 15 is 0 Å². The molecular weight excluding hydrogens is 230 g/mol. The maximum Gasteiger partial charge on any atom is 0.255 e. The molecule has 2 aromatic carbocycles. The standard InChI is InChI=1S/C14H13NOS/c1-10-4-2-6-12(8-10)15-14(16)11-5-3-7-13(17)9-11/h2-9,17H,1H3,(H,15,16). The SMILES string of the molecule is Cc1cccc(NC(=O)c2cccc(S)c2)c1. The number of carbonyl (C=O) groups excluding carboxylic acids is 1. The van der Waals surface area contributed by atoms with Gasteiger partial charge in [-0.1, -0.05) is 18.2 Å². The maximum atomic E-state index is 11.9. The van der Waals surface area contributed by atoms with E-state index in [-0.39, 0.29) is 5.91 Å². The summed E-state index contributed by atoms with van der Waals surface area (Å²) in [5.41, 5.74) is 2.53. The summed E-state index contributed by atoms with van der Waals surface area (Å²) in [6.07, 6.45) is 0. The van der Waals surface area contributed by atoms with E-state index in [0.29, 0.717) is 5.56 Å². The molecule has 0 unspecified atom stereocenters. The van der Waals surface area contributed by atoms with Crippen molar-refractivity contribution in [2.75, 3.05) is 5.32 Å². The Bertz CT molecular complexity index is 551. The lowest BCUT2D eigenvalue weighted by atomic mass is 10.2. The van der Waals surface area contributed by atoms with Gasteiger partial charge in [0.25, 0.3) is 5.91 Å². The molecule has 3 heteroatoms. The summed E-state index contributed by atoms with van der Waals surface area (Å²) in [7, 11) is 0. The van der Waals surface area contributed by atoms with Crippen LogP contribution in [-0.4, -0.2) is 5.91 Å². The molecule has 0 bridgehead atoms. The van der Waals surface area contributed by atoms with Gasteiger partial charge in [0.2, 0.25) is 0 Å². The molecule has 0 saturated heterocycles. The average molecular weight is 243 g/mol. The van der Waals surface area contributed by atoms with Gasteiger partial charge in [0.1, 0.15) is 0 Å². The van der Waals surface area contributed by atoms with Crippen LogP contribution in [0.3, 0.4) is 0 Å². The summed E-state index contributed by atoms with van der Waals surface area (Å²) < 4.78 is 0. The first-order chi connectivity index (χ1) is 8.15. The number of hydrogen-bond acceptors (Lipinski definition) is 2. The number of hydrogen-bond donors (Lipinski definition) is 2. The van der Waals surface area contributed by atoms with Crippen molar-refractivity contribution in [2.24, 2.45) is 0 Å². The third-order valence-corrected chi connectivity index (χ3v) is 2.66. The average Bonchev–Trinajstić information content (AvgIpc) is 2.29.